The van der Waals surface area contributed by atoms with Crippen molar-refractivity contribution in [3.8, 4) is 0 Å². The van der Waals surface area contributed by atoms with E-state index in [0.29, 0.717) is 23.7 Å². The average molecular weight is 310 g/mol. The van der Waals surface area contributed by atoms with Crippen LogP contribution in [0.5, 0.6) is 0 Å². The summed E-state index contributed by atoms with van der Waals surface area (Å²) in [5.74, 6) is -0.0415. The van der Waals surface area contributed by atoms with Gasteiger partial charge in [-0.15, -0.1) is 11.3 Å². The molecule has 2 aromatic heterocycles. The SMILES string of the molecule is CCN(C(=O)c1sc2c(c(C)nn2C)c1N)C(C)COC. The predicted octanol–water partition coefficient (Wildman–Crippen LogP) is 2.02. The third-order valence-corrected chi connectivity index (χ3v) is 4.88. The highest BCUT2D eigenvalue weighted by Crippen LogP contribution is 2.36. The van der Waals surface area contributed by atoms with Gasteiger partial charge in [-0.3, -0.25) is 9.48 Å². The van der Waals surface area contributed by atoms with E-state index >= 15 is 0 Å². The van der Waals surface area contributed by atoms with E-state index in [1.54, 1.807) is 16.7 Å². The molecule has 2 heterocycles. The molecule has 2 rings (SSSR count). The Bertz CT molecular complexity index is 662. The topological polar surface area (TPSA) is 73.4 Å². The smallest absolute Gasteiger partial charge is 0.266 e. The second kappa shape index (κ2) is 6.03. The van der Waals surface area contributed by atoms with Crippen molar-refractivity contribution in [2.75, 3.05) is 26.0 Å². The van der Waals surface area contributed by atoms with Crippen molar-refractivity contribution < 1.29 is 9.53 Å². The Hall–Kier alpha value is -1.60. The summed E-state index contributed by atoms with van der Waals surface area (Å²) in [4.78, 5) is 16.1. The van der Waals surface area contributed by atoms with Crippen LogP contribution in [0.25, 0.3) is 10.2 Å². The number of nitrogens with two attached hydrogens (primary N) is 1. The van der Waals surface area contributed by atoms with E-state index in [4.69, 9.17) is 10.5 Å². The van der Waals surface area contributed by atoms with Crippen molar-refractivity contribution in [3.05, 3.63) is 10.6 Å². The van der Waals surface area contributed by atoms with E-state index in [-0.39, 0.29) is 11.9 Å². The van der Waals surface area contributed by atoms with Gasteiger partial charge in [-0.1, -0.05) is 0 Å². The highest BCUT2D eigenvalue weighted by Gasteiger charge is 2.26. The summed E-state index contributed by atoms with van der Waals surface area (Å²) in [6.07, 6.45) is 0. The molecule has 7 heteroatoms. The van der Waals surface area contributed by atoms with Crippen LogP contribution in [0.4, 0.5) is 5.69 Å². The Morgan fingerprint density at radius 1 is 1.57 bits per heavy atom. The molecule has 21 heavy (non-hydrogen) atoms. The number of hydrogen-bond acceptors (Lipinski definition) is 5. The van der Waals surface area contributed by atoms with Crippen LogP contribution in [0, 0.1) is 6.92 Å². The standard InChI is InChI=1S/C14H22N4O2S/c1-6-18(8(2)7-20-5)13(19)12-11(15)10-9(3)16-17(4)14(10)21-12/h8H,6-7,15H2,1-5H3. The van der Waals surface area contributed by atoms with E-state index in [1.165, 1.54) is 11.3 Å². The maximum absolute atomic E-state index is 12.8. The lowest BCUT2D eigenvalue weighted by molar-refractivity contribution is 0.0585. The van der Waals surface area contributed by atoms with Crippen LogP contribution in [0.15, 0.2) is 0 Å². The molecule has 1 atom stereocenters. The summed E-state index contributed by atoms with van der Waals surface area (Å²) in [7, 11) is 3.50. The second-order valence-corrected chi connectivity index (χ2v) is 6.13. The molecule has 0 aliphatic rings. The van der Waals surface area contributed by atoms with Crippen LogP contribution in [-0.4, -0.2) is 46.9 Å². The zero-order valence-corrected chi connectivity index (χ0v) is 14.0. The monoisotopic (exact) mass is 310 g/mol. The maximum atomic E-state index is 12.8. The number of amides is 1. The third kappa shape index (κ3) is 2.63. The van der Waals surface area contributed by atoms with Gasteiger partial charge < -0.3 is 15.4 Å². The fraction of sp³-hybridized carbons (Fsp3) is 0.571. The number of nitrogen functional groups attached to an aromatic ring is 1. The van der Waals surface area contributed by atoms with Crippen LogP contribution in [0.3, 0.4) is 0 Å². The van der Waals surface area contributed by atoms with E-state index < -0.39 is 0 Å². The zero-order chi connectivity index (χ0) is 15.7. The first-order valence-electron chi connectivity index (χ1n) is 6.93. The fourth-order valence-electron chi connectivity index (χ4n) is 2.61. The summed E-state index contributed by atoms with van der Waals surface area (Å²) in [5, 5.41) is 5.23. The highest BCUT2D eigenvalue weighted by molar-refractivity contribution is 7.21. The number of thiophene rings is 1. The number of hydrogen-bond donors (Lipinski definition) is 1. The number of anilines is 1. The maximum Gasteiger partial charge on any atom is 0.266 e. The zero-order valence-electron chi connectivity index (χ0n) is 13.1. The van der Waals surface area contributed by atoms with Gasteiger partial charge in [-0.2, -0.15) is 5.10 Å². The molecule has 0 spiro atoms. The Kier molecular flexibility index (Phi) is 4.53. The molecule has 2 N–H and O–H groups in total. The van der Waals surface area contributed by atoms with Crippen molar-refractivity contribution in [1.29, 1.82) is 0 Å². The van der Waals surface area contributed by atoms with Gasteiger partial charge in [0.25, 0.3) is 5.91 Å². The summed E-state index contributed by atoms with van der Waals surface area (Å²) in [5.41, 5.74) is 7.59. The van der Waals surface area contributed by atoms with Crippen LogP contribution >= 0.6 is 11.3 Å². The number of aromatic nitrogens is 2. The first-order chi connectivity index (χ1) is 9.92. The van der Waals surface area contributed by atoms with Crippen molar-refractivity contribution in [2.45, 2.75) is 26.8 Å². The number of fused-ring (bicyclic) bond motifs is 1. The molecule has 116 valence electrons. The minimum absolute atomic E-state index is 0.0105. The summed E-state index contributed by atoms with van der Waals surface area (Å²) >= 11 is 1.40. The largest absolute Gasteiger partial charge is 0.397 e. The van der Waals surface area contributed by atoms with E-state index in [2.05, 4.69) is 5.10 Å². The Labute approximate surface area is 128 Å². The van der Waals surface area contributed by atoms with Crippen molar-refractivity contribution in [3.63, 3.8) is 0 Å². The Morgan fingerprint density at radius 2 is 2.24 bits per heavy atom. The van der Waals surface area contributed by atoms with Crippen molar-refractivity contribution in [1.82, 2.24) is 14.7 Å². The molecule has 0 fully saturated rings. The molecule has 0 radical (unpaired) electrons. The van der Waals surface area contributed by atoms with Gasteiger partial charge in [-0.05, 0) is 20.8 Å². The number of rotatable bonds is 5. The molecule has 0 aliphatic carbocycles. The van der Waals surface area contributed by atoms with Crippen molar-refractivity contribution in [2.24, 2.45) is 7.05 Å². The lowest BCUT2D eigenvalue weighted by atomic mass is 10.2. The van der Waals surface area contributed by atoms with Gasteiger partial charge in [-0.25, -0.2) is 0 Å². The number of likely N-dealkylation sites (N-methyl/N-ethyl adjacent to an activating group) is 1. The normalized spacial score (nSPS) is 12.8. The molecule has 6 nitrogen and oxygen atoms in total. The predicted molar refractivity (Wildman–Crippen MR) is 85.8 cm³/mol. The summed E-state index contributed by atoms with van der Waals surface area (Å²) < 4.78 is 6.92. The molecule has 0 aromatic carbocycles. The summed E-state index contributed by atoms with van der Waals surface area (Å²) in [6.45, 7) is 6.96. The van der Waals surface area contributed by atoms with Gasteiger partial charge >= 0.3 is 0 Å². The second-order valence-electron chi connectivity index (χ2n) is 5.13. The van der Waals surface area contributed by atoms with E-state index in [0.717, 1.165) is 15.9 Å². The van der Waals surface area contributed by atoms with Gasteiger partial charge in [0, 0.05) is 20.7 Å². The van der Waals surface area contributed by atoms with E-state index in [9.17, 15) is 4.79 Å². The average Bonchev–Trinajstić information content (AvgIpc) is 2.90. The fourth-order valence-corrected chi connectivity index (χ4v) is 3.75. The van der Waals surface area contributed by atoms with Crippen LogP contribution in [0.2, 0.25) is 0 Å². The molecule has 2 aromatic rings. The number of carbonyl (C=O) groups is 1. The third-order valence-electron chi connectivity index (χ3n) is 3.62. The minimum Gasteiger partial charge on any atom is -0.397 e. The Morgan fingerprint density at radius 3 is 2.76 bits per heavy atom. The van der Waals surface area contributed by atoms with Crippen molar-refractivity contribution >= 4 is 33.1 Å². The van der Waals surface area contributed by atoms with Crippen LogP contribution < -0.4 is 5.73 Å². The van der Waals surface area contributed by atoms with Gasteiger partial charge in [0.05, 0.1) is 29.4 Å². The summed E-state index contributed by atoms with van der Waals surface area (Å²) in [6, 6.07) is 0.0105. The first-order valence-corrected chi connectivity index (χ1v) is 7.75. The van der Waals surface area contributed by atoms with Crippen LogP contribution in [0.1, 0.15) is 29.2 Å². The first kappa shape index (κ1) is 15.8. The highest BCUT2D eigenvalue weighted by atomic mass is 32.1. The molecular formula is C14H22N4O2S. The number of methoxy groups -OCH3 is 1. The molecule has 0 aliphatic heterocycles. The van der Waals surface area contributed by atoms with Gasteiger partial charge in [0.15, 0.2) is 0 Å². The Balaban J connectivity index is 2.43. The number of ether oxygens (including phenoxy) is 1. The molecule has 0 saturated carbocycles. The minimum atomic E-state index is -0.0415. The number of nitrogens with zero attached hydrogens (tertiary/aromatic N) is 3. The van der Waals surface area contributed by atoms with Gasteiger partial charge in [0.2, 0.25) is 0 Å². The van der Waals surface area contributed by atoms with Crippen LogP contribution in [-0.2, 0) is 11.8 Å². The molecule has 1 amide bonds. The lowest BCUT2D eigenvalue weighted by Gasteiger charge is -2.27. The quantitative estimate of drug-likeness (QED) is 0.917. The number of aryl methyl sites for hydroxylation is 2. The molecule has 0 saturated heterocycles. The number of carbonyl (C=O) groups excluding carboxylic acids is 1. The lowest BCUT2D eigenvalue weighted by Crippen LogP contribution is -2.40. The van der Waals surface area contributed by atoms with E-state index in [1.807, 2.05) is 27.8 Å². The molecule has 1 unspecified atom stereocenters. The molecular weight excluding hydrogens is 288 g/mol. The van der Waals surface area contributed by atoms with Gasteiger partial charge in [0.1, 0.15) is 9.71 Å². The molecule has 0 bridgehead atoms.